The number of aliphatic carboxylic acids is 1. The lowest BCUT2D eigenvalue weighted by Gasteiger charge is -2.24. The van der Waals surface area contributed by atoms with Crippen molar-refractivity contribution < 1.29 is 29.0 Å². The molecule has 0 aromatic rings. The molecule has 0 radical (unpaired) electrons. The van der Waals surface area contributed by atoms with Gasteiger partial charge in [-0.1, -0.05) is 110 Å². The quantitative estimate of drug-likeness (QED) is 0.0572. The Labute approximate surface area is 227 Å². The van der Waals surface area contributed by atoms with Gasteiger partial charge in [0, 0.05) is 11.9 Å². The number of unbranched alkanes of at least 4 members (excludes halogenated alkanes) is 14. The van der Waals surface area contributed by atoms with Gasteiger partial charge in [0.25, 0.3) is 0 Å². The molecular weight excluding hydrogens is 495 g/mol. The first-order valence-electron chi connectivity index (χ1n) is 14.6. The van der Waals surface area contributed by atoms with Gasteiger partial charge < -0.3 is 19.7 Å². The zero-order valence-electron chi connectivity index (χ0n) is 23.4. The lowest BCUT2D eigenvalue weighted by Crippen LogP contribution is -2.36. The van der Waals surface area contributed by atoms with Crippen LogP contribution in [0.25, 0.3) is 0 Å². The Kier molecular flexibility index (Phi) is 25.0. The van der Waals surface area contributed by atoms with Crippen molar-refractivity contribution in [2.24, 2.45) is 0 Å². The van der Waals surface area contributed by atoms with Crippen molar-refractivity contribution in [1.82, 2.24) is 0 Å². The average molecular weight is 551 g/mol. The normalized spacial score (nSPS) is 15.1. The van der Waals surface area contributed by atoms with E-state index in [9.17, 15) is 14.5 Å². The number of carboxylic acid groups (broad SMARTS) is 1. The molecule has 0 saturated carbocycles. The number of carbonyl (C=O) groups is 1. The molecule has 0 aliphatic rings. The summed E-state index contributed by atoms with van der Waals surface area (Å²) in [5, 5.41) is 18.9. The van der Waals surface area contributed by atoms with E-state index in [1.807, 2.05) is 11.8 Å². The van der Waals surface area contributed by atoms with Crippen LogP contribution in [0.3, 0.4) is 0 Å². The molecule has 0 spiro atoms. The number of aliphatic hydroxyl groups is 1. The Morgan fingerprint density at radius 1 is 0.806 bits per heavy atom. The van der Waals surface area contributed by atoms with E-state index in [4.69, 9.17) is 14.6 Å². The standard InChI is InChI=1S/C28H55O6PS/c1-4-6-8-10-11-12-13-14-15-17-19-24-36-26(21-18-16-9-7-5-2)25(3)33-22-20-23-34-28(31,35-32)27(29)30/h25-26,31H,4-24H2,1-3H3,(H,29,30). The first-order chi connectivity index (χ1) is 17.4. The smallest absolute Gasteiger partial charge is 0.377 e. The van der Waals surface area contributed by atoms with Crippen LogP contribution in [0.5, 0.6) is 0 Å². The number of rotatable bonds is 28. The lowest BCUT2D eigenvalue weighted by molar-refractivity contribution is -0.190. The molecule has 214 valence electrons. The third-order valence-electron chi connectivity index (χ3n) is 6.57. The molecule has 3 unspecified atom stereocenters. The van der Waals surface area contributed by atoms with Crippen molar-refractivity contribution in [1.29, 1.82) is 0 Å². The molecule has 0 saturated heterocycles. The van der Waals surface area contributed by atoms with Gasteiger partial charge >= 0.3 is 11.5 Å². The van der Waals surface area contributed by atoms with Crippen LogP contribution in [0, 0.1) is 0 Å². The van der Waals surface area contributed by atoms with Gasteiger partial charge in [0.1, 0.15) is 0 Å². The summed E-state index contributed by atoms with van der Waals surface area (Å²) in [4.78, 5) is 10.9. The lowest BCUT2D eigenvalue weighted by atomic mass is 10.1. The van der Waals surface area contributed by atoms with Crippen molar-refractivity contribution >= 4 is 26.2 Å². The fourth-order valence-corrected chi connectivity index (χ4v) is 5.76. The Balaban J connectivity index is 4.14. The number of carboxylic acids is 1. The molecule has 2 N–H and O–H groups in total. The molecule has 0 aliphatic heterocycles. The SMILES string of the molecule is CCCCCCCCCCCCCSC(CCCCCCC)C(C)OCCCOC(O)(P=O)C(=O)O. The Morgan fingerprint density at radius 3 is 1.81 bits per heavy atom. The van der Waals surface area contributed by atoms with E-state index in [1.54, 1.807) is 0 Å². The molecule has 6 nitrogen and oxygen atoms in total. The highest BCUT2D eigenvalue weighted by atomic mass is 32.2. The summed E-state index contributed by atoms with van der Waals surface area (Å²) in [6.45, 7) is 7.01. The average Bonchev–Trinajstić information content (AvgIpc) is 2.87. The van der Waals surface area contributed by atoms with E-state index >= 15 is 0 Å². The topological polar surface area (TPSA) is 93.1 Å². The molecule has 0 bridgehead atoms. The second kappa shape index (κ2) is 25.1. The molecule has 8 heteroatoms. The fourth-order valence-electron chi connectivity index (χ4n) is 4.18. The van der Waals surface area contributed by atoms with Gasteiger partial charge in [0.05, 0.1) is 12.7 Å². The van der Waals surface area contributed by atoms with Crippen LogP contribution in [0.2, 0.25) is 0 Å². The molecule has 0 amide bonds. The predicted molar refractivity (Wildman–Crippen MR) is 152 cm³/mol. The van der Waals surface area contributed by atoms with E-state index in [0.29, 0.717) is 18.3 Å². The Bertz CT molecular complexity index is 524. The zero-order chi connectivity index (χ0) is 26.9. The third kappa shape index (κ3) is 19.9. The van der Waals surface area contributed by atoms with Crippen LogP contribution in [-0.4, -0.2) is 52.0 Å². The van der Waals surface area contributed by atoms with Crippen molar-refractivity contribution in [3.05, 3.63) is 0 Å². The second-order valence-electron chi connectivity index (χ2n) is 9.93. The van der Waals surface area contributed by atoms with Gasteiger partial charge in [-0.05, 0) is 31.9 Å². The first-order valence-corrected chi connectivity index (χ1v) is 16.4. The maximum atomic E-state index is 10.9. The summed E-state index contributed by atoms with van der Waals surface area (Å²) in [5.74, 6) is -0.489. The molecule has 36 heavy (non-hydrogen) atoms. The van der Waals surface area contributed by atoms with Crippen molar-refractivity contribution in [3.8, 4) is 0 Å². The van der Waals surface area contributed by atoms with Crippen molar-refractivity contribution in [2.75, 3.05) is 19.0 Å². The minimum absolute atomic E-state index is 0.0294. The Hall–Kier alpha value is -0.200. The van der Waals surface area contributed by atoms with Gasteiger partial charge in [-0.3, -0.25) is 4.57 Å². The largest absolute Gasteiger partial charge is 0.477 e. The maximum absolute atomic E-state index is 10.9. The van der Waals surface area contributed by atoms with Gasteiger partial charge in [-0.25, -0.2) is 4.79 Å². The van der Waals surface area contributed by atoms with Crippen molar-refractivity contribution in [3.63, 3.8) is 0 Å². The molecule has 0 aliphatic carbocycles. The monoisotopic (exact) mass is 550 g/mol. The van der Waals surface area contributed by atoms with E-state index in [0.717, 1.165) is 6.42 Å². The van der Waals surface area contributed by atoms with Gasteiger partial charge in [-0.15, -0.1) is 0 Å². The highest BCUT2D eigenvalue weighted by molar-refractivity contribution is 7.99. The first kappa shape index (κ1) is 35.8. The number of hydrogen-bond acceptors (Lipinski definition) is 6. The third-order valence-corrected chi connectivity index (χ3v) is 8.71. The van der Waals surface area contributed by atoms with Crippen LogP contribution in [0.4, 0.5) is 0 Å². The Morgan fingerprint density at radius 2 is 1.31 bits per heavy atom. The molecule has 0 aromatic heterocycles. The van der Waals surface area contributed by atoms with Gasteiger partial charge in [0.15, 0.2) is 0 Å². The maximum Gasteiger partial charge on any atom is 0.377 e. The second-order valence-corrected chi connectivity index (χ2v) is 12.1. The minimum atomic E-state index is -2.67. The van der Waals surface area contributed by atoms with Crippen molar-refractivity contribution in [2.45, 2.75) is 153 Å². The van der Waals surface area contributed by atoms with Crippen LogP contribution < -0.4 is 0 Å². The minimum Gasteiger partial charge on any atom is -0.477 e. The van der Waals surface area contributed by atoms with Gasteiger partial charge in [0.2, 0.25) is 8.46 Å². The highest BCUT2D eigenvalue weighted by Crippen LogP contribution is 2.26. The highest BCUT2D eigenvalue weighted by Gasteiger charge is 2.38. The summed E-state index contributed by atoms with van der Waals surface area (Å²) in [6, 6.07) is 0. The number of thioether (sulfide) groups is 1. The van der Waals surface area contributed by atoms with E-state index in [1.165, 1.54) is 108 Å². The zero-order valence-corrected chi connectivity index (χ0v) is 25.1. The predicted octanol–water partition coefficient (Wildman–Crippen LogP) is 8.59. The van der Waals surface area contributed by atoms with Crippen LogP contribution in [0.15, 0.2) is 0 Å². The molecule has 0 heterocycles. The fraction of sp³-hybridized carbons (Fsp3) is 0.964. The summed E-state index contributed by atoms with van der Waals surface area (Å²) in [7, 11) is -0.976. The van der Waals surface area contributed by atoms with Crippen LogP contribution in [0.1, 0.15) is 136 Å². The van der Waals surface area contributed by atoms with Crippen LogP contribution in [-0.2, 0) is 18.8 Å². The van der Waals surface area contributed by atoms with E-state index < -0.39 is 20.0 Å². The van der Waals surface area contributed by atoms with E-state index in [2.05, 4.69) is 20.8 Å². The van der Waals surface area contributed by atoms with E-state index in [-0.39, 0.29) is 12.7 Å². The molecular formula is C28H55O6PS. The number of ether oxygens (including phenoxy) is 2. The molecule has 3 atom stereocenters. The summed E-state index contributed by atoms with van der Waals surface area (Å²) in [6.07, 6.45) is 23.0. The summed E-state index contributed by atoms with van der Waals surface area (Å²) in [5.41, 5.74) is -2.67. The molecule has 0 aromatic carbocycles. The van der Waals surface area contributed by atoms with Crippen LogP contribution >= 0.6 is 20.2 Å². The summed E-state index contributed by atoms with van der Waals surface area (Å²) >= 11 is 2.03. The molecule has 0 rings (SSSR count). The molecule has 0 fully saturated rings. The number of hydrogen-bond donors (Lipinski definition) is 2. The van der Waals surface area contributed by atoms with Gasteiger partial charge in [-0.2, -0.15) is 11.8 Å². The summed E-state index contributed by atoms with van der Waals surface area (Å²) < 4.78 is 21.8.